The third-order valence-electron chi connectivity index (χ3n) is 1.97. The van der Waals surface area contributed by atoms with E-state index in [2.05, 4.69) is 36.7 Å². The van der Waals surface area contributed by atoms with E-state index in [1.807, 2.05) is 0 Å². The lowest BCUT2D eigenvalue weighted by molar-refractivity contribution is 0.101. The molecule has 0 bridgehead atoms. The number of aryl methyl sites for hydroxylation is 1. The molecule has 94 valence electrons. The molecule has 0 saturated carbocycles. The highest BCUT2D eigenvalue weighted by atomic mass is 79.9. The Hall–Kier alpha value is -1.90. The summed E-state index contributed by atoms with van der Waals surface area (Å²) in [6, 6.07) is 1.98. The van der Waals surface area contributed by atoms with E-state index < -0.39 is 23.1 Å². The van der Waals surface area contributed by atoms with Crippen molar-refractivity contribution in [2.24, 2.45) is 7.05 Å². The van der Waals surface area contributed by atoms with E-state index in [4.69, 9.17) is 0 Å². The van der Waals surface area contributed by atoms with Crippen LogP contribution in [-0.4, -0.2) is 26.1 Å². The van der Waals surface area contributed by atoms with Crippen molar-refractivity contribution in [3.05, 3.63) is 33.8 Å². The molecule has 6 nitrogen and oxygen atoms in total. The maximum Gasteiger partial charge on any atom is 0.270 e. The summed E-state index contributed by atoms with van der Waals surface area (Å²) in [5.41, 5.74) is -0.703. The average Bonchev–Trinajstić information content (AvgIpc) is 2.62. The molecule has 0 aliphatic heterocycles. The molecule has 2 rings (SSSR count). The fourth-order valence-electron chi connectivity index (χ4n) is 1.26. The van der Waals surface area contributed by atoms with Crippen molar-refractivity contribution in [1.29, 1.82) is 0 Å². The second kappa shape index (κ2) is 4.77. The van der Waals surface area contributed by atoms with Crippen LogP contribution in [0.1, 0.15) is 10.4 Å². The highest BCUT2D eigenvalue weighted by Gasteiger charge is 2.19. The van der Waals surface area contributed by atoms with Gasteiger partial charge in [0.1, 0.15) is 17.2 Å². The van der Waals surface area contributed by atoms with Gasteiger partial charge in [0.2, 0.25) is 0 Å². The van der Waals surface area contributed by atoms with Crippen molar-refractivity contribution in [2.45, 2.75) is 0 Å². The minimum Gasteiger partial charge on any atom is -0.288 e. The number of hydrogen-bond acceptors (Lipinski definition) is 4. The molecule has 9 heteroatoms. The predicted molar refractivity (Wildman–Crippen MR) is 60.8 cm³/mol. The van der Waals surface area contributed by atoms with E-state index >= 15 is 0 Å². The number of rotatable bonds is 2. The molecular formula is C9H6BrF2N5O. The first-order valence-electron chi connectivity index (χ1n) is 4.67. The number of aromatic nitrogens is 4. The molecule has 2 aromatic rings. The Morgan fingerprint density at radius 3 is 2.50 bits per heavy atom. The number of anilines is 1. The molecule has 1 heterocycles. The first-order valence-corrected chi connectivity index (χ1v) is 5.46. The highest BCUT2D eigenvalue weighted by molar-refractivity contribution is 9.10. The number of nitrogens with one attached hydrogen (secondary N) is 1. The lowest BCUT2D eigenvalue weighted by atomic mass is 10.2. The van der Waals surface area contributed by atoms with Crippen LogP contribution in [0.5, 0.6) is 0 Å². The summed E-state index contributed by atoms with van der Waals surface area (Å²) in [6.07, 6.45) is 0. The monoisotopic (exact) mass is 317 g/mol. The van der Waals surface area contributed by atoms with Crippen molar-refractivity contribution < 1.29 is 13.6 Å². The molecule has 0 spiro atoms. The second-order valence-electron chi connectivity index (χ2n) is 3.30. The first-order chi connectivity index (χ1) is 8.47. The van der Waals surface area contributed by atoms with Gasteiger partial charge in [-0.25, -0.2) is 8.78 Å². The molecule has 0 fully saturated rings. The minimum atomic E-state index is -0.983. The van der Waals surface area contributed by atoms with Crippen molar-refractivity contribution in [2.75, 3.05) is 5.32 Å². The summed E-state index contributed by atoms with van der Waals surface area (Å²) >= 11 is 2.92. The third kappa shape index (κ3) is 2.50. The summed E-state index contributed by atoms with van der Waals surface area (Å²) < 4.78 is 27.2. The summed E-state index contributed by atoms with van der Waals surface area (Å²) in [7, 11) is 1.49. The standard InChI is InChI=1S/C9H6BrF2N5O/c1-17-15-9(14-16-17)13-8(18)7-5(11)2-4(10)3-6(7)12/h2-3H,1H3,(H,13,15,18). The summed E-state index contributed by atoms with van der Waals surface area (Å²) in [5, 5.41) is 12.7. The lowest BCUT2D eigenvalue weighted by Gasteiger charge is -2.04. The Labute approximate surface area is 108 Å². The smallest absolute Gasteiger partial charge is 0.270 e. The van der Waals surface area contributed by atoms with Crippen LogP contribution in [-0.2, 0) is 7.05 Å². The summed E-state index contributed by atoms with van der Waals surface area (Å²) in [6.45, 7) is 0. The van der Waals surface area contributed by atoms with Crippen LogP contribution >= 0.6 is 15.9 Å². The van der Waals surface area contributed by atoms with Crippen molar-refractivity contribution in [3.8, 4) is 0 Å². The number of halogens is 3. The van der Waals surface area contributed by atoms with Crippen LogP contribution in [0, 0.1) is 11.6 Å². The van der Waals surface area contributed by atoms with Gasteiger partial charge in [0.15, 0.2) is 0 Å². The van der Waals surface area contributed by atoms with Crippen molar-refractivity contribution >= 4 is 27.8 Å². The van der Waals surface area contributed by atoms with Gasteiger partial charge in [-0.2, -0.15) is 4.80 Å². The number of amides is 1. The Balaban J connectivity index is 2.29. The lowest BCUT2D eigenvalue weighted by Crippen LogP contribution is -2.17. The van der Waals surface area contributed by atoms with E-state index in [1.54, 1.807) is 0 Å². The zero-order chi connectivity index (χ0) is 13.3. The molecule has 0 atom stereocenters. The second-order valence-corrected chi connectivity index (χ2v) is 4.22. The maximum atomic E-state index is 13.5. The van der Waals surface area contributed by atoms with Gasteiger partial charge in [-0.15, -0.1) is 5.10 Å². The normalized spacial score (nSPS) is 10.4. The SMILES string of the molecule is Cn1nnc(NC(=O)c2c(F)cc(Br)cc2F)n1. The van der Waals surface area contributed by atoms with Crippen molar-refractivity contribution in [3.63, 3.8) is 0 Å². The van der Waals surface area contributed by atoms with Crippen molar-refractivity contribution in [1.82, 2.24) is 20.2 Å². The van der Waals surface area contributed by atoms with E-state index in [1.165, 1.54) is 7.05 Å². The fraction of sp³-hybridized carbons (Fsp3) is 0.111. The molecule has 1 aromatic carbocycles. The number of tetrazole rings is 1. The summed E-state index contributed by atoms with van der Waals surface area (Å²) in [5.74, 6) is -3.08. The molecule has 18 heavy (non-hydrogen) atoms. The van der Waals surface area contributed by atoms with Gasteiger partial charge in [-0.05, 0) is 17.3 Å². The molecule has 0 aliphatic carbocycles. The number of carbonyl (C=O) groups is 1. The van der Waals surface area contributed by atoms with Crippen LogP contribution < -0.4 is 5.32 Å². The van der Waals surface area contributed by atoms with Crippen LogP contribution in [0.2, 0.25) is 0 Å². The Morgan fingerprint density at radius 1 is 1.39 bits per heavy atom. The predicted octanol–water partition coefficient (Wildman–Crippen LogP) is 1.50. The number of benzene rings is 1. The van der Waals surface area contributed by atoms with Crippen LogP contribution in [0.4, 0.5) is 14.7 Å². The number of carbonyl (C=O) groups excluding carboxylic acids is 1. The van der Waals surface area contributed by atoms with E-state index in [-0.39, 0.29) is 10.4 Å². The van der Waals surface area contributed by atoms with Gasteiger partial charge < -0.3 is 0 Å². The molecule has 1 N–H and O–H groups in total. The zero-order valence-electron chi connectivity index (χ0n) is 8.99. The summed E-state index contributed by atoms with van der Waals surface area (Å²) in [4.78, 5) is 12.8. The molecule has 0 aliphatic rings. The zero-order valence-corrected chi connectivity index (χ0v) is 10.6. The average molecular weight is 318 g/mol. The molecule has 1 aromatic heterocycles. The van der Waals surface area contributed by atoms with Gasteiger partial charge >= 0.3 is 0 Å². The van der Waals surface area contributed by atoms with Gasteiger partial charge in [-0.3, -0.25) is 10.1 Å². The van der Waals surface area contributed by atoms with Crippen LogP contribution in [0.15, 0.2) is 16.6 Å². The maximum absolute atomic E-state index is 13.5. The quantitative estimate of drug-likeness (QED) is 0.911. The largest absolute Gasteiger partial charge is 0.288 e. The number of nitrogens with zero attached hydrogens (tertiary/aromatic N) is 4. The Morgan fingerprint density at radius 2 is 2.00 bits per heavy atom. The van der Waals surface area contributed by atoms with Gasteiger partial charge in [0.05, 0.1) is 7.05 Å². The third-order valence-corrected chi connectivity index (χ3v) is 2.43. The van der Waals surface area contributed by atoms with Crippen LogP contribution in [0.3, 0.4) is 0 Å². The van der Waals surface area contributed by atoms with Gasteiger partial charge in [-0.1, -0.05) is 21.0 Å². The highest BCUT2D eigenvalue weighted by Crippen LogP contribution is 2.20. The molecular weight excluding hydrogens is 312 g/mol. The Kier molecular flexibility index (Phi) is 3.32. The fourth-order valence-corrected chi connectivity index (χ4v) is 1.66. The minimum absolute atomic E-state index is 0.135. The number of hydrogen-bond donors (Lipinski definition) is 1. The molecule has 1 amide bonds. The van der Waals surface area contributed by atoms with E-state index in [9.17, 15) is 13.6 Å². The molecule has 0 unspecified atom stereocenters. The van der Waals surface area contributed by atoms with E-state index in [0.29, 0.717) is 0 Å². The van der Waals surface area contributed by atoms with Gasteiger partial charge in [0, 0.05) is 4.47 Å². The van der Waals surface area contributed by atoms with Crippen LogP contribution in [0.25, 0.3) is 0 Å². The Bertz CT molecular complexity index is 592. The van der Waals surface area contributed by atoms with E-state index in [0.717, 1.165) is 16.9 Å². The molecule has 0 radical (unpaired) electrons. The van der Waals surface area contributed by atoms with Gasteiger partial charge in [0.25, 0.3) is 11.9 Å². The topological polar surface area (TPSA) is 72.7 Å². The first kappa shape index (κ1) is 12.6. The molecule has 0 saturated heterocycles.